The van der Waals surface area contributed by atoms with E-state index in [0.29, 0.717) is 0 Å². The second-order valence-corrected chi connectivity index (χ2v) is 4.17. The van der Waals surface area contributed by atoms with Gasteiger partial charge in [0.2, 0.25) is 0 Å². The van der Waals surface area contributed by atoms with Crippen molar-refractivity contribution in [2.24, 2.45) is 0 Å². The predicted octanol–water partition coefficient (Wildman–Crippen LogP) is 1.82. The van der Waals surface area contributed by atoms with Crippen LogP contribution < -0.4 is 5.32 Å². The molecule has 2 nitrogen and oxygen atoms in total. The fourth-order valence-corrected chi connectivity index (χ4v) is 2.19. The van der Waals surface area contributed by atoms with Crippen molar-refractivity contribution in [3.8, 4) is 0 Å². The first-order valence-electron chi connectivity index (χ1n) is 4.77. The Bertz CT molecular complexity index is 196. The summed E-state index contributed by atoms with van der Waals surface area (Å²) in [6.07, 6.45) is 6.82. The van der Waals surface area contributed by atoms with Crippen LogP contribution in [-0.4, -0.2) is 17.9 Å². The minimum atomic E-state index is -0.135. The maximum absolute atomic E-state index is 6.02. The molecule has 0 aromatic rings. The van der Waals surface area contributed by atoms with Gasteiger partial charge in [-0.1, -0.05) is 6.08 Å². The van der Waals surface area contributed by atoms with Crippen LogP contribution in [0.4, 0.5) is 0 Å². The van der Waals surface area contributed by atoms with Crippen molar-refractivity contribution in [3.63, 3.8) is 0 Å². The molecule has 1 heterocycles. The highest BCUT2D eigenvalue weighted by molar-refractivity contribution is 5.05. The highest BCUT2D eigenvalue weighted by Gasteiger charge is 2.46. The molecule has 2 fully saturated rings. The summed E-state index contributed by atoms with van der Waals surface area (Å²) in [5.74, 6) is 0. The average molecular weight is 167 g/mol. The van der Waals surface area contributed by atoms with Crippen LogP contribution in [0.5, 0.6) is 0 Å². The van der Waals surface area contributed by atoms with Crippen molar-refractivity contribution >= 4 is 0 Å². The van der Waals surface area contributed by atoms with Gasteiger partial charge in [0.05, 0.1) is 5.60 Å². The Kier molecular flexibility index (Phi) is 1.77. The van der Waals surface area contributed by atoms with Crippen LogP contribution in [0, 0.1) is 0 Å². The predicted molar refractivity (Wildman–Crippen MR) is 48.9 cm³/mol. The lowest BCUT2D eigenvalue weighted by Crippen LogP contribution is -2.37. The topological polar surface area (TPSA) is 21.3 Å². The van der Waals surface area contributed by atoms with Gasteiger partial charge in [-0.25, -0.2) is 0 Å². The Morgan fingerprint density at radius 2 is 2.08 bits per heavy atom. The third kappa shape index (κ3) is 1.19. The fourth-order valence-electron chi connectivity index (χ4n) is 2.19. The Labute approximate surface area is 74.0 Å². The normalized spacial score (nSPS) is 39.1. The average Bonchev–Trinajstić information content (AvgIpc) is 2.63. The molecule has 1 saturated carbocycles. The quantitative estimate of drug-likeness (QED) is 0.601. The van der Waals surface area contributed by atoms with E-state index in [0.717, 1.165) is 19.4 Å². The summed E-state index contributed by atoms with van der Waals surface area (Å²) < 4.78 is 6.02. The molecule has 1 aliphatic heterocycles. The van der Waals surface area contributed by atoms with Gasteiger partial charge in [-0.3, -0.25) is 5.32 Å². The monoisotopic (exact) mass is 167 g/mol. The lowest BCUT2D eigenvalue weighted by atomic mass is 10.1. The summed E-state index contributed by atoms with van der Waals surface area (Å²) >= 11 is 0. The Balaban J connectivity index is 2.10. The third-order valence-electron chi connectivity index (χ3n) is 3.03. The molecule has 2 rings (SSSR count). The molecule has 12 heavy (non-hydrogen) atoms. The van der Waals surface area contributed by atoms with Gasteiger partial charge in [0.15, 0.2) is 0 Å². The SMILES string of the molecule is C=CC1(C)CNC2(CCCC2)O1. The molecule has 1 N–H and O–H groups in total. The molecule has 2 aliphatic rings. The van der Waals surface area contributed by atoms with Crippen LogP contribution in [0.15, 0.2) is 12.7 Å². The van der Waals surface area contributed by atoms with Crippen molar-refractivity contribution < 1.29 is 4.74 Å². The molecule has 0 aromatic carbocycles. The summed E-state index contributed by atoms with van der Waals surface area (Å²) in [4.78, 5) is 0. The first-order valence-corrected chi connectivity index (χ1v) is 4.77. The van der Waals surface area contributed by atoms with E-state index >= 15 is 0 Å². The lowest BCUT2D eigenvalue weighted by Gasteiger charge is -2.26. The largest absolute Gasteiger partial charge is 0.349 e. The van der Waals surface area contributed by atoms with Crippen LogP contribution in [-0.2, 0) is 4.74 Å². The number of hydrogen-bond donors (Lipinski definition) is 1. The summed E-state index contributed by atoms with van der Waals surface area (Å²) in [7, 11) is 0. The van der Waals surface area contributed by atoms with Gasteiger partial charge in [0, 0.05) is 6.54 Å². The van der Waals surface area contributed by atoms with Crippen LogP contribution in [0.2, 0.25) is 0 Å². The lowest BCUT2D eigenvalue weighted by molar-refractivity contribution is -0.0722. The molecule has 0 radical (unpaired) electrons. The van der Waals surface area contributed by atoms with Crippen molar-refractivity contribution in [2.75, 3.05) is 6.54 Å². The van der Waals surface area contributed by atoms with Crippen LogP contribution in [0.3, 0.4) is 0 Å². The molecule has 68 valence electrons. The smallest absolute Gasteiger partial charge is 0.120 e. The number of nitrogens with one attached hydrogen (secondary N) is 1. The first-order chi connectivity index (χ1) is 5.68. The molecule has 1 unspecified atom stereocenters. The fraction of sp³-hybridized carbons (Fsp3) is 0.800. The van der Waals surface area contributed by atoms with Gasteiger partial charge in [0.25, 0.3) is 0 Å². The van der Waals surface area contributed by atoms with Crippen LogP contribution in [0.1, 0.15) is 32.6 Å². The van der Waals surface area contributed by atoms with Gasteiger partial charge in [-0.2, -0.15) is 0 Å². The van der Waals surface area contributed by atoms with E-state index in [-0.39, 0.29) is 11.3 Å². The van der Waals surface area contributed by atoms with Crippen molar-refractivity contribution in [2.45, 2.75) is 43.9 Å². The van der Waals surface area contributed by atoms with E-state index in [9.17, 15) is 0 Å². The van der Waals surface area contributed by atoms with Gasteiger partial charge >= 0.3 is 0 Å². The van der Waals surface area contributed by atoms with Crippen molar-refractivity contribution in [3.05, 3.63) is 12.7 Å². The summed E-state index contributed by atoms with van der Waals surface area (Å²) in [6.45, 7) is 6.81. The number of ether oxygens (including phenoxy) is 1. The molecule has 0 aromatic heterocycles. The van der Waals surface area contributed by atoms with Crippen molar-refractivity contribution in [1.29, 1.82) is 0 Å². The molecule has 1 saturated heterocycles. The van der Waals surface area contributed by atoms with Crippen molar-refractivity contribution in [1.82, 2.24) is 5.32 Å². The second kappa shape index (κ2) is 2.57. The van der Waals surface area contributed by atoms with Gasteiger partial charge in [0.1, 0.15) is 5.72 Å². The molecule has 1 spiro atoms. The van der Waals surface area contributed by atoms with E-state index in [2.05, 4.69) is 18.8 Å². The standard InChI is InChI=1S/C10H17NO/c1-3-9(2)8-11-10(12-9)6-4-5-7-10/h3,11H,1,4-8H2,2H3. The Hall–Kier alpha value is -0.340. The molecular formula is C10H17NO. The Morgan fingerprint density at radius 3 is 2.58 bits per heavy atom. The highest BCUT2D eigenvalue weighted by Crippen LogP contribution is 2.38. The molecule has 0 amide bonds. The van der Waals surface area contributed by atoms with E-state index < -0.39 is 0 Å². The molecule has 0 bridgehead atoms. The minimum absolute atomic E-state index is 0.00292. The molecular weight excluding hydrogens is 150 g/mol. The van der Waals surface area contributed by atoms with Gasteiger partial charge in [-0.15, -0.1) is 6.58 Å². The van der Waals surface area contributed by atoms with Gasteiger partial charge < -0.3 is 4.74 Å². The van der Waals surface area contributed by atoms with E-state index in [4.69, 9.17) is 4.74 Å². The van der Waals surface area contributed by atoms with E-state index in [1.165, 1.54) is 12.8 Å². The minimum Gasteiger partial charge on any atom is -0.349 e. The summed E-state index contributed by atoms with van der Waals surface area (Å²) in [6, 6.07) is 0. The number of hydrogen-bond acceptors (Lipinski definition) is 2. The second-order valence-electron chi connectivity index (χ2n) is 4.17. The molecule has 1 aliphatic carbocycles. The first kappa shape index (κ1) is 8.27. The van der Waals surface area contributed by atoms with Gasteiger partial charge in [-0.05, 0) is 32.6 Å². The molecule has 2 heteroatoms. The summed E-state index contributed by atoms with van der Waals surface area (Å²) in [5, 5.41) is 3.48. The zero-order valence-corrected chi connectivity index (χ0v) is 7.73. The third-order valence-corrected chi connectivity index (χ3v) is 3.03. The summed E-state index contributed by atoms with van der Waals surface area (Å²) in [5.41, 5.74) is -0.132. The Morgan fingerprint density at radius 1 is 1.42 bits per heavy atom. The maximum Gasteiger partial charge on any atom is 0.120 e. The van der Waals surface area contributed by atoms with Crippen LogP contribution in [0.25, 0.3) is 0 Å². The zero-order chi connectivity index (χ0) is 8.66. The van der Waals surface area contributed by atoms with Crippen LogP contribution >= 0.6 is 0 Å². The van der Waals surface area contributed by atoms with E-state index in [1.807, 2.05) is 6.08 Å². The maximum atomic E-state index is 6.02. The van der Waals surface area contributed by atoms with E-state index in [1.54, 1.807) is 0 Å². The molecule has 1 atom stereocenters. The number of rotatable bonds is 1. The highest BCUT2D eigenvalue weighted by atomic mass is 16.5. The zero-order valence-electron chi connectivity index (χ0n) is 7.73.